The summed E-state index contributed by atoms with van der Waals surface area (Å²) in [6, 6.07) is 8.87. The number of hydrogen-bond acceptors (Lipinski definition) is 6. The number of benzene rings is 2. The molecule has 2 amide bonds. The molecule has 4 aromatic rings. The molecular formula is C25H19F2N5O5. The summed E-state index contributed by atoms with van der Waals surface area (Å²) in [4.78, 5) is 41.0. The van der Waals surface area contributed by atoms with Gasteiger partial charge in [0.05, 0.1) is 5.56 Å². The van der Waals surface area contributed by atoms with E-state index < -0.39 is 34.8 Å². The Hall–Kier alpha value is -4.87. The number of nitrogens with zero attached hydrogens (tertiary/aromatic N) is 3. The molecule has 12 heteroatoms. The first-order valence-electron chi connectivity index (χ1n) is 11.1. The molecule has 0 bridgehead atoms. The summed E-state index contributed by atoms with van der Waals surface area (Å²) < 4.78 is 34.9. The lowest BCUT2D eigenvalue weighted by atomic mass is 10.0. The van der Waals surface area contributed by atoms with Gasteiger partial charge in [-0.25, -0.2) is 18.1 Å². The van der Waals surface area contributed by atoms with E-state index in [0.717, 1.165) is 12.4 Å². The second kappa shape index (κ2) is 8.97. The maximum Gasteiger partial charge on any atom is 0.337 e. The van der Waals surface area contributed by atoms with Gasteiger partial charge in [-0.3, -0.25) is 9.59 Å². The number of aromatic carboxylic acids is 1. The molecule has 3 N–H and O–H groups in total. The summed E-state index contributed by atoms with van der Waals surface area (Å²) in [5.41, 5.74) is -0.232. The van der Waals surface area contributed by atoms with Crippen LogP contribution in [0.5, 0.6) is 11.6 Å². The summed E-state index contributed by atoms with van der Waals surface area (Å²) in [5, 5.41) is 18.5. The van der Waals surface area contributed by atoms with Crippen molar-refractivity contribution in [2.24, 2.45) is 5.41 Å². The molecule has 2 aromatic heterocycles. The molecule has 10 nitrogen and oxygen atoms in total. The maximum atomic E-state index is 14.9. The Balaban J connectivity index is 1.31. The third-order valence-electron chi connectivity index (χ3n) is 6.14. The molecule has 1 aliphatic rings. The van der Waals surface area contributed by atoms with Crippen LogP contribution in [0.25, 0.3) is 5.52 Å². The predicted molar refractivity (Wildman–Crippen MR) is 126 cm³/mol. The molecule has 0 atom stereocenters. The first-order valence-corrected chi connectivity index (χ1v) is 11.1. The Morgan fingerprint density at radius 2 is 1.68 bits per heavy atom. The van der Waals surface area contributed by atoms with E-state index in [0.29, 0.717) is 24.1 Å². The summed E-state index contributed by atoms with van der Waals surface area (Å²) in [6.45, 7) is 1.56. The van der Waals surface area contributed by atoms with Gasteiger partial charge in [0.1, 0.15) is 23.1 Å². The highest BCUT2D eigenvalue weighted by Gasteiger charge is 2.56. The van der Waals surface area contributed by atoms with Crippen molar-refractivity contribution in [3.63, 3.8) is 0 Å². The monoisotopic (exact) mass is 507 g/mol. The molecule has 0 spiro atoms. The van der Waals surface area contributed by atoms with Crippen molar-refractivity contribution in [2.45, 2.75) is 19.8 Å². The van der Waals surface area contributed by atoms with Gasteiger partial charge in [0, 0.05) is 23.6 Å². The van der Waals surface area contributed by atoms with Gasteiger partial charge in [-0.05, 0) is 61.7 Å². The maximum absolute atomic E-state index is 14.9. The van der Waals surface area contributed by atoms with Gasteiger partial charge in [0.2, 0.25) is 17.7 Å². The highest BCUT2D eigenvalue weighted by Crippen LogP contribution is 2.47. The minimum Gasteiger partial charge on any atom is -0.478 e. The van der Waals surface area contributed by atoms with Crippen LogP contribution < -0.4 is 15.4 Å². The van der Waals surface area contributed by atoms with Crippen LogP contribution in [0, 0.1) is 24.0 Å². The van der Waals surface area contributed by atoms with Crippen molar-refractivity contribution in [3.05, 3.63) is 77.8 Å². The number of anilines is 2. The van der Waals surface area contributed by atoms with E-state index in [2.05, 4.69) is 20.7 Å². The third-order valence-corrected chi connectivity index (χ3v) is 6.14. The van der Waals surface area contributed by atoms with Gasteiger partial charge in [0.15, 0.2) is 11.6 Å². The molecule has 1 fully saturated rings. The van der Waals surface area contributed by atoms with Crippen molar-refractivity contribution >= 4 is 34.7 Å². The number of ether oxygens (including phenoxy) is 1. The average Bonchev–Trinajstić information content (AvgIpc) is 3.61. The van der Waals surface area contributed by atoms with E-state index in [1.807, 2.05) is 0 Å². The Labute approximate surface area is 207 Å². The van der Waals surface area contributed by atoms with Crippen LogP contribution in [0.1, 0.15) is 28.8 Å². The van der Waals surface area contributed by atoms with Crippen molar-refractivity contribution in [2.75, 3.05) is 10.6 Å². The van der Waals surface area contributed by atoms with Crippen LogP contribution in [0.3, 0.4) is 0 Å². The summed E-state index contributed by atoms with van der Waals surface area (Å²) >= 11 is 0. The predicted octanol–water partition coefficient (Wildman–Crippen LogP) is 4.16. The SMILES string of the molecule is Cc1c(C(=O)O)cn2ncnc(Oc3ccc(NC(=O)C4(C(=O)Nc5ccc(F)cc5)CC4)cc3F)c12. The third kappa shape index (κ3) is 4.44. The number of aromatic nitrogens is 3. The zero-order chi connectivity index (χ0) is 26.3. The average molecular weight is 507 g/mol. The molecule has 1 aliphatic carbocycles. The Morgan fingerprint density at radius 1 is 1.03 bits per heavy atom. The fraction of sp³-hybridized carbons (Fsp3) is 0.160. The Morgan fingerprint density at radius 3 is 2.30 bits per heavy atom. The van der Waals surface area contributed by atoms with Crippen LogP contribution in [-0.2, 0) is 9.59 Å². The molecule has 0 unspecified atom stereocenters. The number of rotatable bonds is 7. The van der Waals surface area contributed by atoms with E-state index in [1.54, 1.807) is 6.92 Å². The number of aryl methyl sites for hydroxylation is 1. The lowest BCUT2D eigenvalue weighted by molar-refractivity contribution is -0.131. The minimum absolute atomic E-state index is 0.00125. The fourth-order valence-corrected chi connectivity index (χ4v) is 3.90. The fourth-order valence-electron chi connectivity index (χ4n) is 3.90. The summed E-state index contributed by atoms with van der Waals surface area (Å²) in [7, 11) is 0. The minimum atomic E-state index is -1.30. The number of carbonyl (C=O) groups excluding carboxylic acids is 2. The van der Waals surface area contributed by atoms with Crippen LogP contribution in [0.2, 0.25) is 0 Å². The van der Waals surface area contributed by atoms with Crippen molar-refractivity contribution in [1.82, 2.24) is 14.6 Å². The van der Waals surface area contributed by atoms with E-state index >= 15 is 0 Å². The Bertz CT molecular complexity index is 1560. The van der Waals surface area contributed by atoms with Crippen molar-refractivity contribution in [3.8, 4) is 11.6 Å². The number of amides is 2. The number of hydrogen-bond donors (Lipinski definition) is 3. The molecule has 0 saturated heterocycles. The number of carboxylic acid groups (broad SMARTS) is 1. The lowest BCUT2D eigenvalue weighted by Crippen LogP contribution is -2.35. The summed E-state index contributed by atoms with van der Waals surface area (Å²) in [5.74, 6) is -3.82. The Kier molecular flexibility index (Phi) is 5.78. The van der Waals surface area contributed by atoms with Gasteiger partial charge in [-0.15, -0.1) is 0 Å². The van der Waals surface area contributed by atoms with Crippen molar-refractivity contribution < 1.29 is 33.0 Å². The van der Waals surface area contributed by atoms with Gasteiger partial charge >= 0.3 is 5.97 Å². The van der Waals surface area contributed by atoms with Crippen LogP contribution in [0.15, 0.2) is 55.0 Å². The smallest absolute Gasteiger partial charge is 0.337 e. The first-order chi connectivity index (χ1) is 17.7. The molecule has 1 saturated carbocycles. The van der Waals surface area contributed by atoms with Crippen LogP contribution in [-0.4, -0.2) is 37.5 Å². The quantitative estimate of drug-likeness (QED) is 0.320. The number of fused-ring (bicyclic) bond motifs is 1. The molecule has 2 aromatic carbocycles. The number of carboxylic acids is 1. The second-order valence-corrected chi connectivity index (χ2v) is 8.58. The lowest BCUT2D eigenvalue weighted by Gasteiger charge is -2.16. The molecule has 5 rings (SSSR count). The molecular weight excluding hydrogens is 488 g/mol. The first kappa shape index (κ1) is 23.9. The van der Waals surface area contributed by atoms with Gasteiger partial charge in [0.25, 0.3) is 0 Å². The van der Waals surface area contributed by atoms with Crippen LogP contribution in [0.4, 0.5) is 20.2 Å². The molecule has 188 valence electrons. The van der Waals surface area contributed by atoms with E-state index in [-0.39, 0.29) is 28.4 Å². The number of nitrogens with one attached hydrogen (secondary N) is 2. The normalized spacial score (nSPS) is 13.7. The zero-order valence-electron chi connectivity index (χ0n) is 19.3. The molecule has 2 heterocycles. The molecule has 0 radical (unpaired) electrons. The zero-order valence-corrected chi connectivity index (χ0v) is 19.3. The van der Waals surface area contributed by atoms with Gasteiger partial charge < -0.3 is 20.5 Å². The topological polar surface area (TPSA) is 135 Å². The van der Waals surface area contributed by atoms with E-state index in [1.165, 1.54) is 47.1 Å². The van der Waals surface area contributed by atoms with Gasteiger partial charge in [-0.2, -0.15) is 10.1 Å². The highest BCUT2D eigenvalue weighted by atomic mass is 19.1. The van der Waals surface area contributed by atoms with Crippen LogP contribution >= 0.6 is 0 Å². The standard InChI is InChI=1S/C25H19F2N5O5/c1-13-17(22(33)34)11-32-20(13)21(28-12-29-32)37-19-7-6-16(10-18(19)27)31-24(36)25(8-9-25)23(35)30-15-4-2-14(26)3-5-15/h2-7,10-12H,8-9H2,1H3,(H,30,35)(H,31,36)(H,33,34). The number of halogens is 2. The largest absolute Gasteiger partial charge is 0.478 e. The molecule has 0 aliphatic heterocycles. The number of carbonyl (C=O) groups is 3. The van der Waals surface area contributed by atoms with E-state index in [4.69, 9.17) is 4.74 Å². The molecule has 37 heavy (non-hydrogen) atoms. The van der Waals surface area contributed by atoms with E-state index in [9.17, 15) is 28.3 Å². The second-order valence-electron chi connectivity index (χ2n) is 8.58. The highest BCUT2D eigenvalue weighted by molar-refractivity contribution is 6.16. The van der Waals surface area contributed by atoms with Gasteiger partial charge in [-0.1, -0.05) is 0 Å². The van der Waals surface area contributed by atoms with Crippen molar-refractivity contribution in [1.29, 1.82) is 0 Å². The summed E-state index contributed by atoms with van der Waals surface area (Å²) in [6.07, 6.45) is 3.07.